The van der Waals surface area contributed by atoms with Crippen LogP contribution >= 0.6 is 11.3 Å². The van der Waals surface area contributed by atoms with Gasteiger partial charge in [0.1, 0.15) is 5.92 Å². The maximum atomic E-state index is 11.6. The maximum absolute atomic E-state index is 11.6. The number of nitriles is 1. The van der Waals surface area contributed by atoms with Gasteiger partial charge in [0.05, 0.1) is 6.07 Å². The second-order valence-electron chi connectivity index (χ2n) is 3.78. The van der Waals surface area contributed by atoms with Crippen LogP contribution in [0.5, 0.6) is 0 Å². The Labute approximate surface area is 100 Å². The Kier molecular flexibility index (Phi) is 5.00. The van der Waals surface area contributed by atoms with Crippen molar-refractivity contribution in [1.82, 2.24) is 5.32 Å². The number of thiophene rings is 1. The molecule has 1 aromatic rings. The van der Waals surface area contributed by atoms with E-state index in [0.29, 0.717) is 6.42 Å². The molecule has 2 unspecified atom stereocenters. The van der Waals surface area contributed by atoms with Gasteiger partial charge >= 0.3 is 0 Å². The molecule has 0 saturated carbocycles. The molecule has 1 aromatic heterocycles. The van der Waals surface area contributed by atoms with Crippen molar-refractivity contribution < 1.29 is 4.79 Å². The van der Waals surface area contributed by atoms with Gasteiger partial charge in [0.15, 0.2) is 0 Å². The van der Waals surface area contributed by atoms with E-state index in [4.69, 9.17) is 5.26 Å². The van der Waals surface area contributed by atoms with E-state index in [1.54, 1.807) is 11.3 Å². The zero-order chi connectivity index (χ0) is 12.0. The minimum atomic E-state index is -0.522. The minimum Gasteiger partial charge on any atom is -0.352 e. The summed E-state index contributed by atoms with van der Waals surface area (Å²) in [4.78, 5) is 12.9. The Balaban J connectivity index is 2.43. The molecule has 0 aliphatic rings. The first-order chi connectivity index (χ1) is 7.67. The Morgan fingerprint density at radius 1 is 1.69 bits per heavy atom. The standard InChI is InChI=1S/C12H16N2OS/c1-3-10(8-13)12(15)14-9(2)7-11-5-4-6-16-11/h4-6,9-10H,3,7H2,1-2H3,(H,14,15). The predicted octanol–water partition coefficient (Wildman–Crippen LogP) is 2.35. The van der Waals surface area contributed by atoms with Crippen LogP contribution in [0, 0.1) is 17.2 Å². The van der Waals surface area contributed by atoms with E-state index in [1.807, 2.05) is 31.4 Å². The second kappa shape index (κ2) is 6.29. The van der Waals surface area contributed by atoms with Crippen molar-refractivity contribution in [3.05, 3.63) is 22.4 Å². The first kappa shape index (κ1) is 12.7. The largest absolute Gasteiger partial charge is 0.352 e. The van der Waals surface area contributed by atoms with E-state index >= 15 is 0 Å². The predicted molar refractivity (Wildman–Crippen MR) is 65.0 cm³/mol. The maximum Gasteiger partial charge on any atom is 0.237 e. The molecule has 3 nitrogen and oxygen atoms in total. The van der Waals surface area contributed by atoms with Crippen LogP contribution in [0.1, 0.15) is 25.1 Å². The Morgan fingerprint density at radius 3 is 2.94 bits per heavy atom. The SMILES string of the molecule is CCC(C#N)C(=O)NC(C)Cc1cccs1. The quantitative estimate of drug-likeness (QED) is 0.853. The van der Waals surface area contributed by atoms with Gasteiger partial charge in [0.25, 0.3) is 0 Å². The van der Waals surface area contributed by atoms with E-state index in [-0.39, 0.29) is 11.9 Å². The number of carbonyl (C=O) groups is 1. The zero-order valence-corrected chi connectivity index (χ0v) is 10.4. The van der Waals surface area contributed by atoms with E-state index in [2.05, 4.69) is 11.4 Å². The molecule has 0 aliphatic carbocycles. The summed E-state index contributed by atoms with van der Waals surface area (Å²) >= 11 is 1.68. The molecule has 86 valence electrons. The molecule has 2 atom stereocenters. The lowest BCUT2D eigenvalue weighted by atomic mass is 10.1. The molecule has 0 aromatic carbocycles. The Morgan fingerprint density at radius 2 is 2.44 bits per heavy atom. The highest BCUT2D eigenvalue weighted by Crippen LogP contribution is 2.11. The van der Waals surface area contributed by atoms with Crippen LogP contribution in [0.2, 0.25) is 0 Å². The smallest absolute Gasteiger partial charge is 0.237 e. The molecule has 0 saturated heterocycles. The molecule has 16 heavy (non-hydrogen) atoms. The topological polar surface area (TPSA) is 52.9 Å². The van der Waals surface area contributed by atoms with Gasteiger partial charge < -0.3 is 5.32 Å². The average Bonchev–Trinajstić information content (AvgIpc) is 2.71. The van der Waals surface area contributed by atoms with Crippen LogP contribution in [0.25, 0.3) is 0 Å². The number of amides is 1. The first-order valence-corrected chi connectivity index (χ1v) is 6.27. The first-order valence-electron chi connectivity index (χ1n) is 5.39. The third-order valence-corrected chi connectivity index (χ3v) is 3.26. The van der Waals surface area contributed by atoms with Crippen LogP contribution in [0.4, 0.5) is 0 Å². The lowest BCUT2D eigenvalue weighted by molar-refractivity contribution is -0.124. The van der Waals surface area contributed by atoms with Crippen molar-refractivity contribution in [3.8, 4) is 6.07 Å². The van der Waals surface area contributed by atoms with Crippen molar-refractivity contribution in [2.75, 3.05) is 0 Å². The molecule has 4 heteroatoms. The minimum absolute atomic E-state index is 0.0774. The van der Waals surface area contributed by atoms with Crippen LogP contribution in [0.15, 0.2) is 17.5 Å². The summed E-state index contributed by atoms with van der Waals surface area (Å²) in [5, 5.41) is 13.6. The van der Waals surface area contributed by atoms with Crippen molar-refractivity contribution >= 4 is 17.2 Å². The fourth-order valence-electron chi connectivity index (χ4n) is 1.46. The number of carbonyl (C=O) groups excluding carboxylic acids is 1. The van der Waals surface area contributed by atoms with Crippen molar-refractivity contribution in [1.29, 1.82) is 5.26 Å². The fraction of sp³-hybridized carbons (Fsp3) is 0.500. The Hall–Kier alpha value is -1.34. The van der Waals surface area contributed by atoms with Crippen molar-refractivity contribution in [2.45, 2.75) is 32.7 Å². The van der Waals surface area contributed by atoms with Crippen molar-refractivity contribution in [3.63, 3.8) is 0 Å². The van der Waals surface area contributed by atoms with Gasteiger partial charge in [-0.3, -0.25) is 4.79 Å². The van der Waals surface area contributed by atoms with Gasteiger partial charge in [0.2, 0.25) is 5.91 Å². The third kappa shape index (κ3) is 3.67. The highest BCUT2D eigenvalue weighted by atomic mass is 32.1. The number of nitrogens with zero attached hydrogens (tertiary/aromatic N) is 1. The number of nitrogens with one attached hydrogen (secondary N) is 1. The highest BCUT2D eigenvalue weighted by Gasteiger charge is 2.17. The van der Waals surface area contributed by atoms with Gasteiger partial charge in [-0.2, -0.15) is 5.26 Å². The van der Waals surface area contributed by atoms with Gasteiger partial charge in [-0.1, -0.05) is 13.0 Å². The van der Waals surface area contributed by atoms with Gasteiger partial charge in [-0.05, 0) is 24.8 Å². The Bertz CT molecular complexity index is 367. The van der Waals surface area contributed by atoms with Crippen LogP contribution in [-0.2, 0) is 11.2 Å². The van der Waals surface area contributed by atoms with Crippen molar-refractivity contribution in [2.24, 2.45) is 5.92 Å². The van der Waals surface area contributed by atoms with E-state index in [9.17, 15) is 4.79 Å². The second-order valence-corrected chi connectivity index (χ2v) is 4.82. The summed E-state index contributed by atoms with van der Waals surface area (Å²) in [5.41, 5.74) is 0. The summed E-state index contributed by atoms with van der Waals surface area (Å²) in [6.45, 7) is 3.80. The summed E-state index contributed by atoms with van der Waals surface area (Å²) in [7, 11) is 0. The molecule has 0 fully saturated rings. The lowest BCUT2D eigenvalue weighted by Crippen LogP contribution is -2.37. The number of hydrogen-bond acceptors (Lipinski definition) is 3. The molecule has 0 bridgehead atoms. The van der Waals surface area contributed by atoms with Gasteiger partial charge in [-0.25, -0.2) is 0 Å². The summed E-state index contributed by atoms with van der Waals surface area (Å²) in [5.74, 6) is -0.681. The summed E-state index contributed by atoms with van der Waals surface area (Å²) in [6.07, 6.45) is 1.39. The number of hydrogen-bond donors (Lipinski definition) is 1. The van der Waals surface area contributed by atoms with E-state index in [0.717, 1.165) is 6.42 Å². The molecule has 1 N–H and O–H groups in total. The normalized spacial score (nSPS) is 13.8. The van der Waals surface area contributed by atoms with Gasteiger partial charge in [0, 0.05) is 17.3 Å². The molecular weight excluding hydrogens is 220 g/mol. The molecule has 1 amide bonds. The fourth-order valence-corrected chi connectivity index (χ4v) is 2.30. The monoisotopic (exact) mass is 236 g/mol. The molecule has 0 spiro atoms. The van der Waals surface area contributed by atoms with Crippen LogP contribution in [-0.4, -0.2) is 11.9 Å². The zero-order valence-electron chi connectivity index (χ0n) is 9.56. The molecule has 0 radical (unpaired) electrons. The highest BCUT2D eigenvalue weighted by molar-refractivity contribution is 7.09. The summed E-state index contributed by atoms with van der Waals surface area (Å²) in [6, 6.07) is 6.13. The lowest BCUT2D eigenvalue weighted by Gasteiger charge is -2.14. The van der Waals surface area contributed by atoms with Gasteiger partial charge in [-0.15, -0.1) is 11.3 Å². The van der Waals surface area contributed by atoms with Crippen LogP contribution in [0.3, 0.4) is 0 Å². The van der Waals surface area contributed by atoms with E-state index in [1.165, 1.54) is 4.88 Å². The molecule has 1 rings (SSSR count). The third-order valence-electron chi connectivity index (χ3n) is 2.36. The summed E-state index contributed by atoms with van der Waals surface area (Å²) < 4.78 is 0. The van der Waals surface area contributed by atoms with E-state index < -0.39 is 5.92 Å². The molecule has 1 heterocycles. The average molecular weight is 236 g/mol. The molecule has 0 aliphatic heterocycles. The molecular formula is C12H16N2OS. The number of rotatable bonds is 5. The van der Waals surface area contributed by atoms with Crippen LogP contribution < -0.4 is 5.32 Å².